The van der Waals surface area contributed by atoms with Crippen molar-refractivity contribution in [3.05, 3.63) is 53.6 Å². The van der Waals surface area contributed by atoms with E-state index in [1.807, 2.05) is 6.07 Å². The molecule has 0 amide bonds. The maximum Gasteiger partial charge on any atom is 0.185 e. The Labute approximate surface area is 101 Å². The van der Waals surface area contributed by atoms with Gasteiger partial charge in [0.15, 0.2) is 11.5 Å². The monoisotopic (exact) mass is 247 g/mol. The zero-order chi connectivity index (χ0) is 13.1. The molecule has 6 heteroatoms. The molecular formula is C12H7F2N3O. The fourth-order valence-electron chi connectivity index (χ4n) is 1.47. The predicted octanol–water partition coefficient (Wildman–Crippen LogP) is 1.92. The first kappa shape index (κ1) is 11.9. The van der Waals surface area contributed by atoms with Crippen molar-refractivity contribution in [2.75, 3.05) is 0 Å². The third-order valence-corrected chi connectivity index (χ3v) is 2.31. The second-order valence-corrected chi connectivity index (χ2v) is 3.59. The molecule has 0 aliphatic rings. The average molecular weight is 247 g/mol. The second-order valence-electron chi connectivity index (χ2n) is 3.59. The van der Waals surface area contributed by atoms with Crippen molar-refractivity contribution >= 4 is 5.78 Å². The van der Waals surface area contributed by atoms with Gasteiger partial charge in [-0.25, -0.2) is 13.8 Å². The number of hydrogen-bond acceptors (Lipinski definition) is 3. The highest BCUT2D eigenvalue weighted by Gasteiger charge is 2.13. The number of benzene rings is 1. The predicted molar refractivity (Wildman–Crippen MR) is 57.6 cm³/mol. The van der Waals surface area contributed by atoms with Crippen LogP contribution < -0.4 is 0 Å². The molecule has 1 aromatic heterocycles. The van der Waals surface area contributed by atoms with Crippen LogP contribution in [0.5, 0.6) is 0 Å². The van der Waals surface area contributed by atoms with E-state index in [0.29, 0.717) is 6.07 Å². The molecule has 1 aromatic carbocycles. The fraction of sp³-hybridized carbons (Fsp3) is 0.0833. The first-order valence-electron chi connectivity index (χ1n) is 5.00. The van der Waals surface area contributed by atoms with E-state index in [0.717, 1.165) is 12.1 Å². The van der Waals surface area contributed by atoms with Gasteiger partial charge in [0.1, 0.15) is 17.7 Å². The van der Waals surface area contributed by atoms with Gasteiger partial charge >= 0.3 is 0 Å². The highest BCUT2D eigenvalue weighted by molar-refractivity contribution is 5.96. The maximum absolute atomic E-state index is 13.3. The zero-order valence-electron chi connectivity index (χ0n) is 9.10. The third-order valence-electron chi connectivity index (χ3n) is 2.31. The Kier molecular flexibility index (Phi) is 3.15. The summed E-state index contributed by atoms with van der Waals surface area (Å²) in [5, 5.41) is 8.56. The summed E-state index contributed by atoms with van der Waals surface area (Å²) in [6, 6.07) is 4.58. The van der Waals surface area contributed by atoms with Crippen molar-refractivity contribution in [1.29, 1.82) is 5.26 Å². The molecule has 2 aromatic rings. The van der Waals surface area contributed by atoms with Crippen LogP contribution in [-0.4, -0.2) is 15.3 Å². The molecule has 0 N–H and O–H groups in total. The smallest absolute Gasteiger partial charge is 0.185 e. The summed E-state index contributed by atoms with van der Waals surface area (Å²) in [6.45, 7) is -0.156. The van der Waals surface area contributed by atoms with Gasteiger partial charge in [0.2, 0.25) is 0 Å². The highest BCUT2D eigenvalue weighted by Crippen LogP contribution is 2.11. The number of ketones is 1. The first-order valence-corrected chi connectivity index (χ1v) is 5.00. The molecule has 2 rings (SSSR count). The van der Waals surface area contributed by atoms with E-state index in [2.05, 4.69) is 4.98 Å². The van der Waals surface area contributed by atoms with E-state index < -0.39 is 17.4 Å². The van der Waals surface area contributed by atoms with Crippen LogP contribution in [0.1, 0.15) is 16.1 Å². The molecule has 0 radical (unpaired) electrons. The average Bonchev–Trinajstić information content (AvgIpc) is 2.76. The quantitative estimate of drug-likeness (QED) is 0.778. The first-order chi connectivity index (χ1) is 8.60. The number of aromatic nitrogens is 2. The Morgan fingerprint density at radius 1 is 1.44 bits per heavy atom. The summed E-state index contributed by atoms with van der Waals surface area (Å²) < 4.78 is 27.4. The van der Waals surface area contributed by atoms with Crippen LogP contribution in [0.25, 0.3) is 0 Å². The standard InChI is InChI=1S/C12H7F2N3O/c13-8-1-2-10(11(14)3-8)12(18)6-17-5-9(4-15)16-7-17/h1-3,5,7H,6H2. The van der Waals surface area contributed by atoms with E-state index in [9.17, 15) is 13.6 Å². The summed E-state index contributed by atoms with van der Waals surface area (Å²) in [5.74, 6) is -2.16. The number of carbonyl (C=O) groups is 1. The molecule has 0 aliphatic heterocycles. The topological polar surface area (TPSA) is 58.7 Å². The van der Waals surface area contributed by atoms with Crippen LogP contribution in [0.4, 0.5) is 8.78 Å². The van der Waals surface area contributed by atoms with Crippen molar-refractivity contribution in [3.63, 3.8) is 0 Å². The van der Waals surface area contributed by atoms with Crippen LogP contribution >= 0.6 is 0 Å². The van der Waals surface area contributed by atoms with Gasteiger partial charge in [0, 0.05) is 12.3 Å². The van der Waals surface area contributed by atoms with E-state index in [1.54, 1.807) is 0 Å². The van der Waals surface area contributed by atoms with Gasteiger partial charge in [-0.3, -0.25) is 4.79 Å². The number of hydrogen-bond donors (Lipinski definition) is 0. The molecule has 18 heavy (non-hydrogen) atoms. The van der Waals surface area contributed by atoms with Crippen LogP contribution in [-0.2, 0) is 6.54 Å². The van der Waals surface area contributed by atoms with Crippen LogP contribution in [0.15, 0.2) is 30.7 Å². The maximum atomic E-state index is 13.3. The van der Waals surface area contributed by atoms with Crippen molar-refractivity contribution in [2.24, 2.45) is 0 Å². The zero-order valence-corrected chi connectivity index (χ0v) is 9.10. The minimum absolute atomic E-state index is 0.156. The van der Waals surface area contributed by atoms with Gasteiger partial charge in [-0.05, 0) is 12.1 Å². The number of nitrogens with zero attached hydrogens (tertiary/aromatic N) is 3. The summed E-state index contributed by atoms with van der Waals surface area (Å²) in [7, 11) is 0. The van der Waals surface area contributed by atoms with E-state index >= 15 is 0 Å². The Morgan fingerprint density at radius 2 is 2.22 bits per heavy atom. The lowest BCUT2D eigenvalue weighted by molar-refractivity contribution is 0.0968. The minimum Gasteiger partial charge on any atom is -0.328 e. The minimum atomic E-state index is -0.902. The molecule has 1 heterocycles. The number of carbonyl (C=O) groups excluding carboxylic acids is 1. The molecule has 0 fully saturated rings. The van der Waals surface area contributed by atoms with Crippen molar-refractivity contribution < 1.29 is 13.6 Å². The van der Waals surface area contributed by atoms with Gasteiger partial charge in [-0.1, -0.05) is 0 Å². The number of rotatable bonds is 3. The lowest BCUT2D eigenvalue weighted by atomic mass is 10.1. The molecule has 0 unspecified atom stereocenters. The number of nitriles is 1. The molecule has 0 spiro atoms. The van der Waals surface area contributed by atoms with Gasteiger partial charge in [0.25, 0.3) is 0 Å². The number of imidazole rings is 1. The summed E-state index contributed by atoms with van der Waals surface area (Å²) in [6.07, 6.45) is 2.68. The summed E-state index contributed by atoms with van der Waals surface area (Å²) in [4.78, 5) is 15.5. The molecule has 0 aliphatic carbocycles. The molecule has 0 bridgehead atoms. The summed E-state index contributed by atoms with van der Waals surface area (Å²) in [5.41, 5.74) is -0.0222. The van der Waals surface area contributed by atoms with Gasteiger partial charge in [0.05, 0.1) is 18.4 Å². The van der Waals surface area contributed by atoms with Crippen molar-refractivity contribution in [2.45, 2.75) is 6.54 Å². The molecular weight excluding hydrogens is 240 g/mol. The van der Waals surface area contributed by atoms with Gasteiger partial charge < -0.3 is 4.57 Å². The number of halogens is 2. The normalized spacial score (nSPS) is 10.1. The third kappa shape index (κ3) is 2.40. The van der Waals surface area contributed by atoms with Crippen molar-refractivity contribution in [3.8, 4) is 6.07 Å². The Morgan fingerprint density at radius 3 is 2.83 bits per heavy atom. The van der Waals surface area contributed by atoms with Crippen LogP contribution in [0, 0.1) is 23.0 Å². The lowest BCUT2D eigenvalue weighted by Gasteiger charge is -2.03. The Balaban J connectivity index is 2.19. The molecule has 0 atom stereocenters. The van der Waals surface area contributed by atoms with Crippen LogP contribution in [0.2, 0.25) is 0 Å². The second kappa shape index (κ2) is 4.75. The molecule has 0 saturated heterocycles. The Hall–Kier alpha value is -2.55. The van der Waals surface area contributed by atoms with Crippen LogP contribution in [0.3, 0.4) is 0 Å². The lowest BCUT2D eigenvalue weighted by Crippen LogP contribution is -2.11. The van der Waals surface area contributed by atoms with E-state index in [-0.39, 0.29) is 17.8 Å². The van der Waals surface area contributed by atoms with Gasteiger partial charge in [-0.15, -0.1) is 0 Å². The fourth-order valence-corrected chi connectivity index (χ4v) is 1.47. The SMILES string of the molecule is N#Cc1cn(CC(=O)c2ccc(F)cc2F)cn1. The van der Waals surface area contributed by atoms with Crippen molar-refractivity contribution in [1.82, 2.24) is 9.55 Å². The number of Topliss-reactive ketones (excluding diaryl/α,β-unsaturated/α-hetero) is 1. The Bertz CT molecular complexity index is 643. The molecule has 90 valence electrons. The summed E-state index contributed by atoms with van der Waals surface area (Å²) >= 11 is 0. The largest absolute Gasteiger partial charge is 0.328 e. The highest BCUT2D eigenvalue weighted by atomic mass is 19.1. The molecule has 0 saturated carbocycles. The van der Waals surface area contributed by atoms with E-state index in [4.69, 9.17) is 5.26 Å². The molecule has 4 nitrogen and oxygen atoms in total. The van der Waals surface area contributed by atoms with Gasteiger partial charge in [-0.2, -0.15) is 5.26 Å². The van der Waals surface area contributed by atoms with E-state index in [1.165, 1.54) is 17.1 Å².